The highest BCUT2D eigenvalue weighted by atomic mass is 19.1. The SMILES string of the molecule is Cc1cccnc1NC(=O)N[C@H]1CC(=O)N(c2cccc(F)c2)C1. The molecule has 1 atom stereocenters. The summed E-state index contributed by atoms with van der Waals surface area (Å²) in [5, 5.41) is 5.42. The fourth-order valence-corrected chi connectivity index (χ4v) is 2.64. The van der Waals surface area contributed by atoms with Gasteiger partial charge in [0.1, 0.15) is 11.6 Å². The number of aromatic nitrogens is 1. The number of carbonyl (C=O) groups is 2. The van der Waals surface area contributed by atoms with Gasteiger partial charge < -0.3 is 10.2 Å². The van der Waals surface area contributed by atoms with Gasteiger partial charge in [0, 0.05) is 24.8 Å². The Morgan fingerprint density at radius 3 is 2.92 bits per heavy atom. The van der Waals surface area contributed by atoms with E-state index in [1.807, 2.05) is 13.0 Å². The van der Waals surface area contributed by atoms with E-state index >= 15 is 0 Å². The predicted molar refractivity (Wildman–Crippen MR) is 88.3 cm³/mol. The van der Waals surface area contributed by atoms with E-state index in [-0.39, 0.29) is 18.4 Å². The quantitative estimate of drug-likeness (QED) is 0.909. The molecule has 2 aromatic rings. The van der Waals surface area contributed by atoms with Crippen LogP contribution in [0.15, 0.2) is 42.6 Å². The number of hydrogen-bond donors (Lipinski definition) is 2. The van der Waals surface area contributed by atoms with E-state index in [1.54, 1.807) is 24.4 Å². The van der Waals surface area contributed by atoms with Gasteiger partial charge in [-0.1, -0.05) is 12.1 Å². The number of nitrogens with one attached hydrogen (secondary N) is 2. The number of hydrogen-bond acceptors (Lipinski definition) is 3. The summed E-state index contributed by atoms with van der Waals surface area (Å²) in [6.45, 7) is 2.14. The highest BCUT2D eigenvalue weighted by molar-refractivity contribution is 5.97. The molecule has 6 nitrogen and oxygen atoms in total. The Labute approximate surface area is 138 Å². The van der Waals surface area contributed by atoms with Crippen molar-refractivity contribution >= 4 is 23.4 Å². The van der Waals surface area contributed by atoms with E-state index in [9.17, 15) is 14.0 Å². The van der Waals surface area contributed by atoms with Crippen molar-refractivity contribution in [2.75, 3.05) is 16.8 Å². The van der Waals surface area contributed by atoms with Crippen molar-refractivity contribution in [1.29, 1.82) is 0 Å². The van der Waals surface area contributed by atoms with Crippen LogP contribution in [-0.4, -0.2) is 29.5 Å². The van der Waals surface area contributed by atoms with Gasteiger partial charge in [-0.2, -0.15) is 0 Å². The number of aryl methyl sites for hydroxylation is 1. The Morgan fingerprint density at radius 1 is 1.33 bits per heavy atom. The van der Waals surface area contributed by atoms with Gasteiger partial charge in [-0.25, -0.2) is 14.2 Å². The number of carbonyl (C=O) groups excluding carboxylic acids is 2. The molecule has 24 heavy (non-hydrogen) atoms. The molecule has 7 heteroatoms. The highest BCUT2D eigenvalue weighted by Crippen LogP contribution is 2.22. The first kappa shape index (κ1) is 15.9. The molecular weight excluding hydrogens is 311 g/mol. The molecule has 1 aromatic heterocycles. The first-order valence-electron chi connectivity index (χ1n) is 7.58. The molecule has 0 unspecified atom stereocenters. The Bertz CT molecular complexity index is 781. The molecule has 0 saturated carbocycles. The lowest BCUT2D eigenvalue weighted by Gasteiger charge is -2.17. The number of benzene rings is 1. The molecule has 1 aromatic carbocycles. The zero-order chi connectivity index (χ0) is 17.1. The van der Waals surface area contributed by atoms with Crippen molar-refractivity contribution < 1.29 is 14.0 Å². The maximum absolute atomic E-state index is 13.3. The standard InChI is InChI=1S/C17H17FN4O2/c1-11-4-3-7-19-16(11)21-17(24)20-13-9-15(23)22(10-13)14-6-2-5-12(18)8-14/h2-8,13H,9-10H2,1H3,(H2,19,20,21,24)/t13-/m0/s1. The molecule has 0 bridgehead atoms. The van der Waals surface area contributed by atoms with Crippen LogP contribution < -0.4 is 15.5 Å². The van der Waals surface area contributed by atoms with Crippen molar-refractivity contribution in [2.45, 2.75) is 19.4 Å². The van der Waals surface area contributed by atoms with Crippen LogP contribution in [0.25, 0.3) is 0 Å². The van der Waals surface area contributed by atoms with E-state index in [0.29, 0.717) is 18.1 Å². The molecule has 0 radical (unpaired) electrons. The smallest absolute Gasteiger partial charge is 0.320 e. The zero-order valence-electron chi connectivity index (χ0n) is 13.1. The maximum atomic E-state index is 13.3. The fourth-order valence-electron chi connectivity index (χ4n) is 2.64. The normalized spacial score (nSPS) is 17.0. The van der Waals surface area contributed by atoms with Crippen LogP contribution in [0.1, 0.15) is 12.0 Å². The zero-order valence-corrected chi connectivity index (χ0v) is 13.1. The minimum atomic E-state index is -0.421. The molecule has 3 amide bonds. The second-order valence-electron chi connectivity index (χ2n) is 5.65. The average molecular weight is 328 g/mol. The minimum absolute atomic E-state index is 0.153. The van der Waals surface area contributed by atoms with Crippen molar-refractivity contribution in [3.63, 3.8) is 0 Å². The minimum Gasteiger partial charge on any atom is -0.333 e. The topological polar surface area (TPSA) is 74.3 Å². The molecule has 124 valence electrons. The summed E-state index contributed by atoms with van der Waals surface area (Å²) in [7, 11) is 0. The van der Waals surface area contributed by atoms with Crippen LogP contribution in [0.2, 0.25) is 0 Å². The molecule has 1 aliphatic rings. The summed E-state index contributed by atoms with van der Waals surface area (Å²) >= 11 is 0. The number of halogens is 1. The van der Waals surface area contributed by atoms with Crippen LogP contribution in [-0.2, 0) is 4.79 Å². The van der Waals surface area contributed by atoms with Gasteiger partial charge >= 0.3 is 6.03 Å². The molecule has 2 N–H and O–H groups in total. The number of nitrogens with zero attached hydrogens (tertiary/aromatic N) is 2. The Balaban J connectivity index is 1.62. The Hall–Kier alpha value is -2.96. The molecular formula is C17H17FN4O2. The molecule has 1 fully saturated rings. The van der Waals surface area contributed by atoms with Gasteiger partial charge in [0.15, 0.2) is 0 Å². The number of amides is 3. The second-order valence-corrected chi connectivity index (χ2v) is 5.65. The predicted octanol–water partition coefficient (Wildman–Crippen LogP) is 2.46. The van der Waals surface area contributed by atoms with Crippen molar-refractivity contribution in [3.8, 4) is 0 Å². The molecule has 0 spiro atoms. The Kier molecular flexibility index (Phi) is 4.41. The first-order valence-corrected chi connectivity index (χ1v) is 7.58. The van der Waals surface area contributed by atoms with E-state index < -0.39 is 11.8 Å². The lowest BCUT2D eigenvalue weighted by molar-refractivity contribution is -0.117. The van der Waals surface area contributed by atoms with E-state index in [4.69, 9.17) is 0 Å². The highest BCUT2D eigenvalue weighted by Gasteiger charge is 2.31. The van der Waals surface area contributed by atoms with Crippen molar-refractivity contribution in [2.24, 2.45) is 0 Å². The third-order valence-electron chi connectivity index (χ3n) is 3.82. The maximum Gasteiger partial charge on any atom is 0.320 e. The van der Waals surface area contributed by atoms with Gasteiger partial charge in [0.05, 0.1) is 6.04 Å². The van der Waals surface area contributed by atoms with Crippen LogP contribution >= 0.6 is 0 Å². The van der Waals surface area contributed by atoms with Crippen LogP contribution in [0, 0.1) is 12.7 Å². The summed E-state index contributed by atoms with van der Waals surface area (Å²) in [5.41, 5.74) is 1.34. The molecule has 1 saturated heterocycles. The van der Waals surface area contributed by atoms with Gasteiger partial charge in [0.25, 0.3) is 0 Å². The van der Waals surface area contributed by atoms with E-state index in [1.165, 1.54) is 17.0 Å². The number of pyridine rings is 1. The third kappa shape index (κ3) is 3.51. The average Bonchev–Trinajstić information content (AvgIpc) is 2.90. The van der Waals surface area contributed by atoms with Gasteiger partial charge in [-0.05, 0) is 36.8 Å². The summed E-state index contributed by atoms with van der Waals surface area (Å²) in [5.74, 6) is -0.0821. The lowest BCUT2D eigenvalue weighted by atomic mass is 10.2. The number of urea groups is 1. The summed E-state index contributed by atoms with van der Waals surface area (Å²) in [6.07, 6.45) is 1.76. The molecule has 1 aliphatic heterocycles. The number of rotatable bonds is 3. The van der Waals surface area contributed by atoms with Crippen molar-refractivity contribution in [1.82, 2.24) is 10.3 Å². The van der Waals surface area contributed by atoms with Crippen molar-refractivity contribution in [3.05, 3.63) is 54.0 Å². The second kappa shape index (κ2) is 6.66. The number of anilines is 2. The summed E-state index contributed by atoms with van der Waals surface area (Å²) < 4.78 is 13.3. The van der Waals surface area contributed by atoms with Gasteiger partial charge in [0.2, 0.25) is 5.91 Å². The van der Waals surface area contributed by atoms with Crippen LogP contribution in [0.4, 0.5) is 20.7 Å². The van der Waals surface area contributed by atoms with Gasteiger partial charge in [-0.3, -0.25) is 10.1 Å². The molecule has 2 heterocycles. The summed E-state index contributed by atoms with van der Waals surface area (Å²) in [4.78, 5) is 29.7. The lowest BCUT2D eigenvalue weighted by Crippen LogP contribution is -2.40. The van der Waals surface area contributed by atoms with E-state index in [2.05, 4.69) is 15.6 Å². The van der Waals surface area contributed by atoms with Crippen LogP contribution in [0.3, 0.4) is 0 Å². The van der Waals surface area contributed by atoms with Gasteiger partial charge in [-0.15, -0.1) is 0 Å². The molecule has 0 aliphatic carbocycles. The molecule has 3 rings (SSSR count). The largest absolute Gasteiger partial charge is 0.333 e. The monoisotopic (exact) mass is 328 g/mol. The van der Waals surface area contributed by atoms with E-state index in [0.717, 1.165) is 5.56 Å². The third-order valence-corrected chi connectivity index (χ3v) is 3.82. The first-order chi connectivity index (χ1) is 11.5. The summed E-state index contributed by atoms with van der Waals surface area (Å²) in [6, 6.07) is 8.70. The Morgan fingerprint density at radius 2 is 2.17 bits per heavy atom. The van der Waals surface area contributed by atoms with Crippen LogP contribution in [0.5, 0.6) is 0 Å². The fraction of sp³-hybridized carbons (Fsp3) is 0.235.